The molecular formula is C23H22BrN5O3S. The van der Waals surface area contributed by atoms with Crippen LogP contribution in [0.5, 0.6) is 0 Å². The summed E-state index contributed by atoms with van der Waals surface area (Å²) in [5.41, 5.74) is 1.50. The monoisotopic (exact) mass is 527 g/mol. The van der Waals surface area contributed by atoms with Crippen LogP contribution in [0.25, 0.3) is 5.65 Å². The summed E-state index contributed by atoms with van der Waals surface area (Å²) < 4.78 is 36.8. The average molecular weight is 528 g/mol. The number of benzene rings is 1. The van der Waals surface area contributed by atoms with Gasteiger partial charge >= 0.3 is 0 Å². The van der Waals surface area contributed by atoms with Crippen molar-refractivity contribution in [2.75, 3.05) is 35.5 Å². The van der Waals surface area contributed by atoms with Gasteiger partial charge in [0, 0.05) is 25.5 Å². The maximum atomic E-state index is 13.8. The number of morpholine rings is 1. The number of hydrogen-bond acceptors (Lipinski definition) is 6. The van der Waals surface area contributed by atoms with Crippen molar-refractivity contribution < 1.29 is 13.2 Å². The highest BCUT2D eigenvalue weighted by Crippen LogP contribution is 2.32. The summed E-state index contributed by atoms with van der Waals surface area (Å²) in [5, 5.41) is 0. The van der Waals surface area contributed by atoms with E-state index in [1.807, 2.05) is 59.1 Å². The van der Waals surface area contributed by atoms with Crippen LogP contribution in [0, 0.1) is 0 Å². The summed E-state index contributed by atoms with van der Waals surface area (Å²) in [5.74, 6) is 1.06. The Kier molecular flexibility index (Phi) is 6.05. The molecule has 4 aromatic rings. The van der Waals surface area contributed by atoms with Crippen molar-refractivity contribution in [3.05, 3.63) is 83.2 Å². The first kappa shape index (κ1) is 21.9. The van der Waals surface area contributed by atoms with E-state index in [-0.39, 0.29) is 11.4 Å². The summed E-state index contributed by atoms with van der Waals surface area (Å²) in [6.07, 6.45) is 3.25. The van der Waals surface area contributed by atoms with Gasteiger partial charge in [-0.25, -0.2) is 22.7 Å². The SMILES string of the molecule is O=S(=O)(c1ccc(N2CCOCC2)nc1)N(Cc1ccccc1)c1nc2ccccn2c1Br. The number of fused-ring (bicyclic) bond motifs is 1. The maximum absolute atomic E-state index is 13.8. The number of rotatable bonds is 6. The lowest BCUT2D eigenvalue weighted by atomic mass is 10.2. The fourth-order valence-corrected chi connectivity index (χ4v) is 5.84. The van der Waals surface area contributed by atoms with E-state index < -0.39 is 10.0 Å². The molecular weight excluding hydrogens is 506 g/mol. The van der Waals surface area contributed by atoms with Crippen LogP contribution in [-0.2, 0) is 21.3 Å². The van der Waals surface area contributed by atoms with Gasteiger partial charge in [-0.05, 0) is 45.8 Å². The lowest BCUT2D eigenvalue weighted by molar-refractivity contribution is 0.122. The number of hydrogen-bond donors (Lipinski definition) is 0. The van der Waals surface area contributed by atoms with Crippen LogP contribution in [0.15, 0.2) is 82.6 Å². The van der Waals surface area contributed by atoms with Gasteiger partial charge in [0.05, 0.1) is 19.8 Å². The molecule has 1 saturated heterocycles. The molecule has 1 aliphatic rings. The minimum Gasteiger partial charge on any atom is -0.378 e. The lowest BCUT2D eigenvalue weighted by Gasteiger charge is -2.28. The highest BCUT2D eigenvalue weighted by molar-refractivity contribution is 9.10. The molecule has 8 nitrogen and oxygen atoms in total. The molecule has 1 fully saturated rings. The first-order chi connectivity index (χ1) is 16.0. The summed E-state index contributed by atoms with van der Waals surface area (Å²) >= 11 is 3.55. The number of anilines is 2. The smallest absolute Gasteiger partial charge is 0.267 e. The van der Waals surface area contributed by atoms with Crippen LogP contribution in [0.1, 0.15) is 5.56 Å². The Morgan fingerprint density at radius 2 is 1.76 bits per heavy atom. The van der Waals surface area contributed by atoms with Crippen LogP contribution in [0.3, 0.4) is 0 Å². The first-order valence-corrected chi connectivity index (χ1v) is 12.8. The van der Waals surface area contributed by atoms with Crippen LogP contribution in [0.2, 0.25) is 0 Å². The van der Waals surface area contributed by atoms with Crippen molar-refractivity contribution in [3.8, 4) is 0 Å². The summed E-state index contributed by atoms with van der Waals surface area (Å²) in [6.45, 7) is 2.86. The number of nitrogens with zero attached hydrogens (tertiary/aromatic N) is 5. The fourth-order valence-electron chi connectivity index (χ4n) is 3.77. The largest absolute Gasteiger partial charge is 0.378 e. The fraction of sp³-hybridized carbons (Fsp3) is 0.217. The van der Waals surface area contributed by atoms with E-state index in [1.165, 1.54) is 10.5 Å². The lowest BCUT2D eigenvalue weighted by Crippen LogP contribution is -2.36. The van der Waals surface area contributed by atoms with Crippen LogP contribution < -0.4 is 9.21 Å². The molecule has 3 aromatic heterocycles. The minimum absolute atomic E-state index is 0.111. The Morgan fingerprint density at radius 3 is 2.45 bits per heavy atom. The predicted octanol–water partition coefficient (Wildman–Crippen LogP) is 3.72. The molecule has 10 heteroatoms. The molecule has 0 amide bonds. The van der Waals surface area contributed by atoms with Gasteiger partial charge in [0.2, 0.25) is 0 Å². The van der Waals surface area contributed by atoms with Gasteiger partial charge in [-0.3, -0.25) is 4.40 Å². The molecule has 4 heterocycles. The average Bonchev–Trinajstić information content (AvgIpc) is 3.20. The van der Waals surface area contributed by atoms with Gasteiger partial charge in [-0.15, -0.1) is 0 Å². The van der Waals surface area contributed by atoms with Gasteiger partial charge in [0.25, 0.3) is 10.0 Å². The zero-order valence-electron chi connectivity index (χ0n) is 17.7. The zero-order chi connectivity index (χ0) is 22.8. The second-order valence-electron chi connectivity index (χ2n) is 7.60. The van der Waals surface area contributed by atoms with Crippen molar-refractivity contribution in [1.29, 1.82) is 0 Å². The topological polar surface area (TPSA) is 80.0 Å². The molecule has 0 spiro atoms. The molecule has 0 N–H and O–H groups in total. The Hall–Kier alpha value is -2.95. The first-order valence-electron chi connectivity index (χ1n) is 10.5. The normalized spacial score (nSPS) is 14.5. The van der Waals surface area contributed by atoms with E-state index in [9.17, 15) is 8.42 Å². The minimum atomic E-state index is -3.95. The third kappa shape index (κ3) is 4.33. The van der Waals surface area contributed by atoms with Crippen molar-refractivity contribution in [3.63, 3.8) is 0 Å². The zero-order valence-corrected chi connectivity index (χ0v) is 20.1. The Balaban J connectivity index is 1.55. The molecule has 0 bridgehead atoms. The van der Waals surface area contributed by atoms with E-state index in [1.54, 1.807) is 12.1 Å². The van der Waals surface area contributed by atoms with Gasteiger partial charge < -0.3 is 9.64 Å². The number of halogens is 1. The predicted molar refractivity (Wildman–Crippen MR) is 130 cm³/mol. The van der Waals surface area contributed by atoms with Gasteiger partial charge in [-0.1, -0.05) is 36.4 Å². The Morgan fingerprint density at radius 1 is 1.00 bits per heavy atom. The standard InChI is InChI=1S/C23H22BrN5O3S/c24-22-23(26-21-8-4-5-11-28(21)22)29(17-18-6-2-1-3-7-18)33(30,31)19-9-10-20(25-16-19)27-12-14-32-15-13-27/h1-11,16H,12-15,17H2. The van der Waals surface area contributed by atoms with Crippen LogP contribution in [0.4, 0.5) is 11.6 Å². The summed E-state index contributed by atoms with van der Waals surface area (Å²) in [6, 6.07) is 18.4. The molecule has 170 valence electrons. The second kappa shape index (κ2) is 9.12. The Bertz CT molecular complexity index is 1350. The van der Waals surface area contributed by atoms with Gasteiger partial charge in [0.15, 0.2) is 5.82 Å². The molecule has 1 aromatic carbocycles. The van der Waals surface area contributed by atoms with Crippen molar-refractivity contribution in [2.24, 2.45) is 0 Å². The number of ether oxygens (including phenoxy) is 1. The second-order valence-corrected chi connectivity index (χ2v) is 10.2. The number of sulfonamides is 1. The van der Waals surface area contributed by atoms with E-state index in [0.29, 0.717) is 29.3 Å². The van der Waals surface area contributed by atoms with Crippen molar-refractivity contribution >= 4 is 43.2 Å². The molecule has 5 rings (SSSR count). The van der Waals surface area contributed by atoms with E-state index >= 15 is 0 Å². The molecule has 0 aliphatic carbocycles. The molecule has 1 aliphatic heterocycles. The molecule has 0 saturated carbocycles. The summed E-state index contributed by atoms with van der Waals surface area (Å²) in [4.78, 5) is 11.3. The van der Waals surface area contributed by atoms with Gasteiger partial charge in [0.1, 0.15) is 21.0 Å². The maximum Gasteiger partial charge on any atom is 0.267 e. The van der Waals surface area contributed by atoms with E-state index in [0.717, 1.165) is 24.5 Å². The number of imidazole rings is 1. The van der Waals surface area contributed by atoms with E-state index in [2.05, 4.69) is 30.8 Å². The van der Waals surface area contributed by atoms with Gasteiger partial charge in [-0.2, -0.15) is 0 Å². The molecule has 0 unspecified atom stereocenters. The number of aromatic nitrogens is 3. The summed E-state index contributed by atoms with van der Waals surface area (Å²) in [7, 11) is -3.95. The van der Waals surface area contributed by atoms with E-state index in [4.69, 9.17) is 4.74 Å². The van der Waals surface area contributed by atoms with Crippen LogP contribution in [-0.4, -0.2) is 49.1 Å². The molecule has 33 heavy (non-hydrogen) atoms. The van der Waals surface area contributed by atoms with Crippen LogP contribution >= 0.6 is 15.9 Å². The quantitative estimate of drug-likeness (QED) is 0.380. The third-order valence-corrected chi connectivity index (χ3v) is 7.96. The highest BCUT2D eigenvalue weighted by atomic mass is 79.9. The molecule has 0 radical (unpaired) electrons. The Labute approximate surface area is 200 Å². The number of pyridine rings is 2. The highest BCUT2D eigenvalue weighted by Gasteiger charge is 2.30. The third-order valence-electron chi connectivity index (χ3n) is 5.50. The van der Waals surface area contributed by atoms with Crippen molar-refractivity contribution in [1.82, 2.24) is 14.4 Å². The van der Waals surface area contributed by atoms with Crippen molar-refractivity contribution in [2.45, 2.75) is 11.4 Å². The molecule has 0 atom stereocenters.